The van der Waals surface area contributed by atoms with E-state index in [1.807, 2.05) is 30.3 Å². The zero-order valence-corrected chi connectivity index (χ0v) is 14.5. The highest BCUT2D eigenvalue weighted by Gasteiger charge is 2.34. The number of hydrogen-bond donors (Lipinski definition) is 1. The minimum atomic E-state index is -0.360. The van der Waals surface area contributed by atoms with E-state index in [1.165, 1.54) is 0 Å². The Morgan fingerprint density at radius 2 is 1.96 bits per heavy atom. The topological polar surface area (TPSA) is 59.0 Å². The van der Waals surface area contributed by atoms with E-state index in [9.17, 15) is 5.26 Å². The molecule has 2 N–H and O–H groups in total. The zero-order chi connectivity index (χ0) is 16.8. The van der Waals surface area contributed by atoms with Gasteiger partial charge in [0.25, 0.3) is 0 Å². The van der Waals surface area contributed by atoms with Gasteiger partial charge in [-0.05, 0) is 29.8 Å². The molecule has 1 atom stereocenters. The first kappa shape index (κ1) is 15.3. The third-order valence-electron chi connectivity index (χ3n) is 4.00. The Morgan fingerprint density at radius 3 is 2.71 bits per heavy atom. The van der Waals surface area contributed by atoms with Gasteiger partial charge in [-0.15, -0.1) is 11.3 Å². The van der Waals surface area contributed by atoms with Gasteiger partial charge in [-0.2, -0.15) is 5.26 Å². The van der Waals surface area contributed by atoms with Crippen LogP contribution in [0.2, 0.25) is 10.0 Å². The summed E-state index contributed by atoms with van der Waals surface area (Å²) < 4.78 is 6.85. The summed E-state index contributed by atoms with van der Waals surface area (Å²) in [5.74, 6) is 0.452. The van der Waals surface area contributed by atoms with Gasteiger partial charge in [0.15, 0.2) is 5.75 Å². The standard InChI is InChI=1S/C18H10Cl2N2OS/c19-9-5-6-10(13(20)7-9)15-12(8-21)18(22)23-16-11-3-1-2-4-14(11)24-17(15)16/h1-7,15H,22H2/t15-/m1/s1. The molecular weight excluding hydrogens is 363 g/mol. The number of benzene rings is 2. The van der Waals surface area contributed by atoms with E-state index in [-0.39, 0.29) is 11.8 Å². The number of rotatable bonds is 1. The van der Waals surface area contributed by atoms with Gasteiger partial charge in [0.05, 0.1) is 10.8 Å². The van der Waals surface area contributed by atoms with Crippen molar-refractivity contribution in [3.05, 3.63) is 74.4 Å². The normalized spacial score (nSPS) is 16.6. The Balaban J connectivity index is 2.02. The van der Waals surface area contributed by atoms with Crippen LogP contribution in [0.5, 0.6) is 5.75 Å². The number of nitrogens with two attached hydrogens (primary N) is 1. The second-order valence-electron chi connectivity index (χ2n) is 5.38. The molecule has 4 rings (SSSR count). The fourth-order valence-corrected chi connectivity index (χ4v) is 4.71. The Labute approximate surface area is 152 Å². The van der Waals surface area contributed by atoms with Crippen molar-refractivity contribution < 1.29 is 4.74 Å². The van der Waals surface area contributed by atoms with Crippen LogP contribution >= 0.6 is 34.5 Å². The molecule has 118 valence electrons. The number of fused-ring (bicyclic) bond motifs is 3. The summed E-state index contributed by atoms with van der Waals surface area (Å²) in [5.41, 5.74) is 7.18. The van der Waals surface area contributed by atoms with E-state index in [0.29, 0.717) is 21.4 Å². The average molecular weight is 373 g/mol. The minimum absolute atomic E-state index is 0.115. The van der Waals surface area contributed by atoms with Crippen LogP contribution in [0.25, 0.3) is 10.1 Å². The molecule has 0 fully saturated rings. The number of halogens is 2. The van der Waals surface area contributed by atoms with Crippen molar-refractivity contribution in [2.24, 2.45) is 5.73 Å². The van der Waals surface area contributed by atoms with E-state index < -0.39 is 0 Å². The van der Waals surface area contributed by atoms with Gasteiger partial charge in [-0.1, -0.05) is 41.4 Å². The summed E-state index contributed by atoms with van der Waals surface area (Å²) in [6.07, 6.45) is 0. The van der Waals surface area contributed by atoms with E-state index in [2.05, 4.69) is 6.07 Å². The molecule has 0 saturated carbocycles. The number of thiophene rings is 1. The monoisotopic (exact) mass is 372 g/mol. The fraction of sp³-hybridized carbons (Fsp3) is 0.0556. The number of nitrogens with zero attached hydrogens (tertiary/aromatic N) is 1. The molecule has 6 heteroatoms. The predicted molar refractivity (Wildman–Crippen MR) is 97.6 cm³/mol. The zero-order valence-electron chi connectivity index (χ0n) is 12.2. The SMILES string of the molecule is N#CC1=C(N)Oc2c(sc3ccccc23)[C@@H]1c1ccc(Cl)cc1Cl. The summed E-state index contributed by atoms with van der Waals surface area (Å²) in [7, 11) is 0. The van der Waals surface area contributed by atoms with E-state index >= 15 is 0 Å². The lowest BCUT2D eigenvalue weighted by molar-refractivity contribution is 0.401. The molecular formula is C18H10Cl2N2OS. The number of hydrogen-bond acceptors (Lipinski definition) is 4. The molecule has 0 spiro atoms. The summed E-state index contributed by atoms with van der Waals surface area (Å²) in [6, 6.07) is 15.4. The third kappa shape index (κ3) is 2.25. The fourth-order valence-electron chi connectivity index (χ4n) is 2.93. The Bertz CT molecular complexity index is 1050. The lowest BCUT2D eigenvalue weighted by Crippen LogP contribution is -2.20. The molecule has 3 nitrogen and oxygen atoms in total. The molecule has 1 aromatic heterocycles. The molecule has 2 heterocycles. The van der Waals surface area contributed by atoms with Crippen molar-refractivity contribution in [1.82, 2.24) is 0 Å². The lowest BCUT2D eigenvalue weighted by Gasteiger charge is -2.24. The van der Waals surface area contributed by atoms with Crippen LogP contribution in [-0.2, 0) is 0 Å². The van der Waals surface area contributed by atoms with Gasteiger partial charge in [0, 0.05) is 20.1 Å². The van der Waals surface area contributed by atoms with Gasteiger partial charge < -0.3 is 10.5 Å². The first-order valence-corrected chi connectivity index (χ1v) is 8.71. The number of ether oxygens (including phenoxy) is 1. The Morgan fingerprint density at radius 1 is 1.17 bits per heavy atom. The highest BCUT2D eigenvalue weighted by Crippen LogP contribution is 2.51. The van der Waals surface area contributed by atoms with Crippen LogP contribution < -0.4 is 10.5 Å². The van der Waals surface area contributed by atoms with E-state index in [4.69, 9.17) is 33.7 Å². The predicted octanol–water partition coefficient (Wildman–Crippen LogP) is 5.43. The van der Waals surface area contributed by atoms with Crippen molar-refractivity contribution in [1.29, 1.82) is 5.26 Å². The summed E-state index contributed by atoms with van der Waals surface area (Å²) in [4.78, 5) is 0.922. The largest absolute Gasteiger partial charge is 0.439 e. The molecule has 0 radical (unpaired) electrons. The maximum Gasteiger partial charge on any atom is 0.205 e. The van der Waals surface area contributed by atoms with Crippen LogP contribution in [0, 0.1) is 11.3 Å². The molecule has 0 saturated heterocycles. The second kappa shape index (κ2) is 5.71. The third-order valence-corrected chi connectivity index (χ3v) is 5.78. The van der Waals surface area contributed by atoms with Crippen molar-refractivity contribution >= 4 is 44.6 Å². The summed E-state index contributed by atoms with van der Waals surface area (Å²) in [5, 5.41) is 11.6. The molecule has 0 bridgehead atoms. The van der Waals surface area contributed by atoms with Gasteiger partial charge in [0.2, 0.25) is 5.88 Å². The molecule has 24 heavy (non-hydrogen) atoms. The molecule has 2 aromatic carbocycles. The van der Waals surface area contributed by atoms with Gasteiger partial charge in [0.1, 0.15) is 11.6 Å². The Kier molecular flexibility index (Phi) is 3.65. The molecule has 1 aliphatic heterocycles. The average Bonchev–Trinajstić information content (AvgIpc) is 2.92. The van der Waals surface area contributed by atoms with Crippen LogP contribution in [0.4, 0.5) is 0 Å². The maximum atomic E-state index is 9.61. The van der Waals surface area contributed by atoms with Gasteiger partial charge in [-0.25, -0.2) is 0 Å². The highest BCUT2D eigenvalue weighted by atomic mass is 35.5. The number of allylic oxidation sites excluding steroid dienone is 1. The minimum Gasteiger partial charge on any atom is -0.439 e. The summed E-state index contributed by atoms with van der Waals surface area (Å²) in [6.45, 7) is 0. The van der Waals surface area contributed by atoms with Crippen LogP contribution in [0.15, 0.2) is 53.9 Å². The summed E-state index contributed by atoms with van der Waals surface area (Å²) >= 11 is 14.0. The molecule has 0 unspecified atom stereocenters. The van der Waals surface area contributed by atoms with Crippen molar-refractivity contribution in [3.8, 4) is 11.8 Å². The van der Waals surface area contributed by atoms with E-state index in [1.54, 1.807) is 23.5 Å². The lowest BCUT2D eigenvalue weighted by atomic mass is 9.88. The van der Waals surface area contributed by atoms with Crippen molar-refractivity contribution in [3.63, 3.8) is 0 Å². The molecule has 1 aliphatic rings. The maximum absolute atomic E-state index is 9.61. The van der Waals surface area contributed by atoms with Crippen LogP contribution in [0.3, 0.4) is 0 Å². The first-order chi connectivity index (χ1) is 11.6. The molecule has 0 amide bonds. The first-order valence-electron chi connectivity index (χ1n) is 7.14. The van der Waals surface area contributed by atoms with E-state index in [0.717, 1.165) is 20.5 Å². The quantitative estimate of drug-likeness (QED) is 0.619. The van der Waals surface area contributed by atoms with Crippen molar-refractivity contribution in [2.45, 2.75) is 5.92 Å². The smallest absolute Gasteiger partial charge is 0.205 e. The number of nitriles is 1. The van der Waals surface area contributed by atoms with Crippen LogP contribution in [-0.4, -0.2) is 0 Å². The van der Waals surface area contributed by atoms with Gasteiger partial charge >= 0.3 is 0 Å². The Hall–Kier alpha value is -2.19. The molecule has 0 aliphatic carbocycles. The highest BCUT2D eigenvalue weighted by molar-refractivity contribution is 7.19. The van der Waals surface area contributed by atoms with Gasteiger partial charge in [-0.3, -0.25) is 0 Å². The van der Waals surface area contributed by atoms with Crippen LogP contribution in [0.1, 0.15) is 16.4 Å². The second-order valence-corrected chi connectivity index (χ2v) is 7.31. The van der Waals surface area contributed by atoms with Crippen molar-refractivity contribution in [2.75, 3.05) is 0 Å². The molecule has 3 aromatic rings.